The number of carbonyl (C=O) groups excluding carboxylic acids is 1. The molecule has 2 rings (SSSR count). The molecule has 2 aromatic rings. The lowest BCUT2D eigenvalue weighted by Gasteiger charge is -2.12. The van der Waals surface area contributed by atoms with E-state index < -0.39 is 11.9 Å². The largest absolute Gasteiger partial charge is 0.478 e. The van der Waals surface area contributed by atoms with E-state index in [2.05, 4.69) is 19.9 Å². The van der Waals surface area contributed by atoms with Gasteiger partial charge in [-0.15, -0.1) is 0 Å². The van der Waals surface area contributed by atoms with Gasteiger partial charge >= 0.3 is 11.9 Å². The van der Waals surface area contributed by atoms with Crippen molar-refractivity contribution in [2.75, 3.05) is 0 Å². The van der Waals surface area contributed by atoms with Crippen molar-refractivity contribution in [1.29, 1.82) is 0 Å². The Morgan fingerprint density at radius 3 is 2.04 bits per heavy atom. The molecule has 4 nitrogen and oxygen atoms in total. The predicted molar refractivity (Wildman–Crippen MR) is 111 cm³/mol. The molecule has 0 bridgehead atoms. The lowest BCUT2D eigenvalue weighted by molar-refractivity contribution is 0.0691. The van der Waals surface area contributed by atoms with Gasteiger partial charge < -0.3 is 9.84 Å². The van der Waals surface area contributed by atoms with Gasteiger partial charge in [0.1, 0.15) is 5.75 Å². The van der Waals surface area contributed by atoms with Gasteiger partial charge in [0.15, 0.2) is 0 Å². The van der Waals surface area contributed by atoms with Crippen molar-refractivity contribution >= 4 is 11.9 Å². The van der Waals surface area contributed by atoms with Crippen LogP contribution in [0.3, 0.4) is 0 Å². The van der Waals surface area contributed by atoms with E-state index in [1.807, 2.05) is 12.1 Å². The molecule has 0 aromatic heterocycles. The fraction of sp³-hybridized carbons (Fsp3) is 0.417. The number of carboxylic acid groups (broad SMARTS) is 1. The first kappa shape index (κ1) is 21.7. The SMILES string of the molecule is CCCCCc1ccc(OC(=O)c2ccc(C(=O)O)cc2)c(CCCCC)c1. The highest BCUT2D eigenvalue weighted by Crippen LogP contribution is 2.25. The normalized spacial score (nSPS) is 10.6. The third-order valence-electron chi connectivity index (χ3n) is 4.81. The zero-order valence-corrected chi connectivity index (χ0v) is 16.9. The summed E-state index contributed by atoms with van der Waals surface area (Å²) in [6.07, 6.45) is 8.85. The molecule has 0 spiro atoms. The molecule has 0 amide bonds. The molecule has 0 heterocycles. The molecule has 0 unspecified atom stereocenters. The average Bonchev–Trinajstić information content (AvgIpc) is 2.70. The molecular formula is C24H30O4. The van der Waals surface area contributed by atoms with E-state index in [0.717, 1.165) is 37.7 Å². The number of esters is 1. The Bertz CT molecular complexity index is 778. The van der Waals surface area contributed by atoms with Gasteiger partial charge in [0.2, 0.25) is 0 Å². The van der Waals surface area contributed by atoms with Crippen molar-refractivity contribution < 1.29 is 19.4 Å². The summed E-state index contributed by atoms with van der Waals surface area (Å²) in [6.45, 7) is 4.37. The van der Waals surface area contributed by atoms with Crippen molar-refractivity contribution in [2.24, 2.45) is 0 Å². The van der Waals surface area contributed by atoms with Gasteiger partial charge in [0, 0.05) is 0 Å². The lowest BCUT2D eigenvalue weighted by atomic mass is 10.00. The fourth-order valence-electron chi connectivity index (χ4n) is 3.14. The molecule has 0 aliphatic heterocycles. The van der Waals surface area contributed by atoms with E-state index in [1.54, 1.807) is 0 Å². The average molecular weight is 383 g/mol. The standard InChI is InChI=1S/C24H30O4/c1-3-5-7-9-18-11-16-22(21(17-18)10-8-6-4-2)28-24(27)20-14-12-19(13-15-20)23(25)26/h11-17H,3-10H2,1-2H3,(H,25,26). The molecule has 4 heteroatoms. The first-order valence-electron chi connectivity index (χ1n) is 10.2. The van der Waals surface area contributed by atoms with E-state index in [0.29, 0.717) is 11.3 Å². The van der Waals surface area contributed by atoms with E-state index in [1.165, 1.54) is 49.1 Å². The van der Waals surface area contributed by atoms with Crippen molar-refractivity contribution in [3.8, 4) is 5.75 Å². The zero-order valence-electron chi connectivity index (χ0n) is 16.9. The highest BCUT2D eigenvalue weighted by Gasteiger charge is 2.13. The van der Waals surface area contributed by atoms with E-state index in [4.69, 9.17) is 9.84 Å². The van der Waals surface area contributed by atoms with Crippen molar-refractivity contribution in [3.63, 3.8) is 0 Å². The molecule has 28 heavy (non-hydrogen) atoms. The number of carboxylic acids is 1. The summed E-state index contributed by atoms with van der Waals surface area (Å²) in [5, 5.41) is 8.98. The number of aryl methyl sites for hydroxylation is 2. The van der Waals surface area contributed by atoms with Crippen LogP contribution < -0.4 is 4.74 Å². The molecule has 0 fully saturated rings. The Morgan fingerprint density at radius 1 is 0.821 bits per heavy atom. The fourth-order valence-corrected chi connectivity index (χ4v) is 3.14. The number of benzene rings is 2. The Hall–Kier alpha value is -2.62. The van der Waals surface area contributed by atoms with Crippen LogP contribution in [0.4, 0.5) is 0 Å². The van der Waals surface area contributed by atoms with Crippen LogP contribution in [0.1, 0.15) is 84.2 Å². The highest BCUT2D eigenvalue weighted by molar-refractivity contribution is 5.93. The second kappa shape index (κ2) is 11.3. The van der Waals surface area contributed by atoms with E-state index >= 15 is 0 Å². The van der Waals surface area contributed by atoms with E-state index in [9.17, 15) is 9.59 Å². The quantitative estimate of drug-likeness (QED) is 0.291. The monoisotopic (exact) mass is 382 g/mol. The number of hydrogen-bond acceptors (Lipinski definition) is 3. The van der Waals surface area contributed by atoms with Crippen molar-refractivity contribution in [1.82, 2.24) is 0 Å². The number of unbranched alkanes of at least 4 members (excludes halogenated alkanes) is 4. The zero-order chi connectivity index (χ0) is 20.4. The Morgan fingerprint density at radius 2 is 1.43 bits per heavy atom. The van der Waals surface area contributed by atoms with Crippen LogP contribution in [0.25, 0.3) is 0 Å². The molecule has 150 valence electrons. The van der Waals surface area contributed by atoms with Crippen LogP contribution in [-0.2, 0) is 12.8 Å². The Kier molecular flexibility index (Phi) is 8.73. The predicted octanol–water partition coefficient (Wildman–Crippen LogP) is 6.07. The first-order valence-corrected chi connectivity index (χ1v) is 10.2. The summed E-state index contributed by atoms with van der Waals surface area (Å²) in [4.78, 5) is 23.5. The molecule has 0 radical (unpaired) electrons. The molecule has 2 aromatic carbocycles. The molecule has 0 saturated carbocycles. The van der Waals surface area contributed by atoms with Crippen LogP contribution in [0.15, 0.2) is 42.5 Å². The summed E-state index contributed by atoms with van der Waals surface area (Å²) in [5.41, 5.74) is 2.84. The minimum atomic E-state index is -1.02. The number of aromatic carboxylic acids is 1. The lowest BCUT2D eigenvalue weighted by Crippen LogP contribution is -2.10. The molecular weight excluding hydrogens is 352 g/mol. The van der Waals surface area contributed by atoms with Crippen LogP contribution in [0.5, 0.6) is 5.75 Å². The highest BCUT2D eigenvalue weighted by atomic mass is 16.5. The van der Waals surface area contributed by atoms with Gasteiger partial charge in [-0.25, -0.2) is 9.59 Å². The van der Waals surface area contributed by atoms with Crippen LogP contribution in [0.2, 0.25) is 0 Å². The topological polar surface area (TPSA) is 63.6 Å². The molecule has 0 atom stereocenters. The molecule has 0 aliphatic rings. The maximum atomic E-state index is 12.5. The van der Waals surface area contributed by atoms with Crippen molar-refractivity contribution in [3.05, 3.63) is 64.7 Å². The van der Waals surface area contributed by atoms with Gasteiger partial charge in [-0.2, -0.15) is 0 Å². The smallest absolute Gasteiger partial charge is 0.343 e. The van der Waals surface area contributed by atoms with Crippen LogP contribution in [-0.4, -0.2) is 17.0 Å². The van der Waals surface area contributed by atoms with Gasteiger partial charge in [-0.1, -0.05) is 51.7 Å². The van der Waals surface area contributed by atoms with Crippen molar-refractivity contribution in [2.45, 2.75) is 65.2 Å². The second-order valence-electron chi connectivity index (χ2n) is 7.13. The summed E-state index contributed by atoms with van der Waals surface area (Å²) in [6, 6.07) is 11.9. The van der Waals surface area contributed by atoms with Crippen LogP contribution >= 0.6 is 0 Å². The van der Waals surface area contributed by atoms with Crippen LogP contribution in [0, 0.1) is 0 Å². The number of rotatable bonds is 11. The molecule has 1 N–H and O–H groups in total. The number of carbonyl (C=O) groups is 2. The Balaban J connectivity index is 2.14. The molecule has 0 aliphatic carbocycles. The second-order valence-corrected chi connectivity index (χ2v) is 7.13. The summed E-state index contributed by atoms with van der Waals surface area (Å²) < 4.78 is 5.66. The number of ether oxygens (including phenoxy) is 1. The van der Waals surface area contributed by atoms with Gasteiger partial charge in [0.05, 0.1) is 11.1 Å². The van der Waals surface area contributed by atoms with Gasteiger partial charge in [-0.3, -0.25) is 0 Å². The maximum absolute atomic E-state index is 12.5. The van der Waals surface area contributed by atoms with E-state index in [-0.39, 0.29) is 5.56 Å². The summed E-state index contributed by atoms with van der Waals surface area (Å²) in [5.74, 6) is -0.883. The minimum Gasteiger partial charge on any atom is -0.478 e. The summed E-state index contributed by atoms with van der Waals surface area (Å²) >= 11 is 0. The van der Waals surface area contributed by atoms with Gasteiger partial charge in [-0.05, 0) is 67.1 Å². The van der Waals surface area contributed by atoms with Gasteiger partial charge in [0.25, 0.3) is 0 Å². The third kappa shape index (κ3) is 6.52. The third-order valence-corrected chi connectivity index (χ3v) is 4.81. The first-order chi connectivity index (χ1) is 13.5. The number of hydrogen-bond donors (Lipinski definition) is 1. The summed E-state index contributed by atoms with van der Waals surface area (Å²) in [7, 11) is 0. The minimum absolute atomic E-state index is 0.147. The Labute approximate surface area is 167 Å². The molecule has 0 saturated heterocycles. The maximum Gasteiger partial charge on any atom is 0.343 e.